The van der Waals surface area contributed by atoms with Gasteiger partial charge >= 0.3 is 5.69 Å². The van der Waals surface area contributed by atoms with Crippen molar-refractivity contribution in [3.63, 3.8) is 0 Å². The summed E-state index contributed by atoms with van der Waals surface area (Å²) in [7, 11) is 0. The molecule has 2 aromatic carbocycles. The van der Waals surface area contributed by atoms with Crippen LogP contribution in [0.15, 0.2) is 83.7 Å². The zero-order chi connectivity index (χ0) is 23.7. The van der Waals surface area contributed by atoms with Crippen molar-refractivity contribution in [3.05, 3.63) is 89.4 Å². The number of halogens is 1. The van der Waals surface area contributed by atoms with E-state index in [4.69, 9.17) is 10.5 Å². The molecule has 0 radical (unpaired) electrons. The molecule has 0 aliphatic carbocycles. The van der Waals surface area contributed by atoms with Crippen LogP contribution in [-0.2, 0) is 0 Å². The summed E-state index contributed by atoms with van der Waals surface area (Å²) in [6.45, 7) is 2.74. The molecule has 1 aliphatic heterocycles. The Morgan fingerprint density at radius 3 is 2.59 bits per heavy atom. The summed E-state index contributed by atoms with van der Waals surface area (Å²) in [5.74, 6) is 1.43. The minimum absolute atomic E-state index is 0.108. The summed E-state index contributed by atoms with van der Waals surface area (Å²) in [4.78, 5) is 19.9. The van der Waals surface area contributed by atoms with Gasteiger partial charge in [0, 0.05) is 25.5 Å². The number of hydrogen-bond donors (Lipinski definition) is 1. The number of aromatic nitrogens is 3. The molecule has 0 spiro atoms. The summed E-state index contributed by atoms with van der Waals surface area (Å²) in [5, 5.41) is 0. The number of benzene rings is 2. The Morgan fingerprint density at radius 1 is 1.12 bits per heavy atom. The smallest absolute Gasteiger partial charge is 0.334 e. The molecule has 2 N–H and O–H groups in total. The van der Waals surface area contributed by atoms with Crippen LogP contribution in [0, 0.1) is 0 Å². The van der Waals surface area contributed by atoms with Crippen molar-refractivity contribution < 1.29 is 9.13 Å². The van der Waals surface area contributed by atoms with Gasteiger partial charge in [-0.3, -0.25) is 9.13 Å². The second-order valence-electron chi connectivity index (χ2n) is 8.47. The average Bonchev–Trinajstić information content (AvgIpc) is 3.13. The lowest BCUT2D eigenvalue weighted by molar-refractivity contribution is 0.231. The quantitative estimate of drug-likeness (QED) is 0.453. The number of fused-ring (bicyclic) bond motifs is 1. The Hall–Kier alpha value is -4.07. The van der Waals surface area contributed by atoms with Gasteiger partial charge in [0.25, 0.3) is 0 Å². The molecule has 1 atom stereocenters. The Kier molecular flexibility index (Phi) is 5.79. The van der Waals surface area contributed by atoms with Crippen LogP contribution in [0.2, 0.25) is 0 Å². The molecular formula is C26H26FN5O2. The molecule has 3 heterocycles. The van der Waals surface area contributed by atoms with Gasteiger partial charge in [-0.05, 0) is 62.2 Å². The molecule has 34 heavy (non-hydrogen) atoms. The molecule has 5 rings (SSSR count). The van der Waals surface area contributed by atoms with Crippen molar-refractivity contribution in [1.82, 2.24) is 19.0 Å². The van der Waals surface area contributed by atoms with Crippen molar-refractivity contribution in [3.8, 4) is 17.2 Å². The number of nitrogen functional groups attached to an aromatic ring is 1. The van der Waals surface area contributed by atoms with Gasteiger partial charge < -0.3 is 15.4 Å². The molecule has 174 valence electrons. The fraction of sp³-hybridized carbons (Fsp3) is 0.231. The lowest BCUT2D eigenvalue weighted by atomic mass is 10.1. The van der Waals surface area contributed by atoms with Crippen molar-refractivity contribution >= 4 is 16.9 Å². The summed E-state index contributed by atoms with van der Waals surface area (Å²) in [6, 6.07) is 18.5. The van der Waals surface area contributed by atoms with Crippen LogP contribution in [0.4, 0.5) is 10.2 Å². The summed E-state index contributed by atoms with van der Waals surface area (Å²) in [5.41, 5.74) is 8.01. The Morgan fingerprint density at radius 2 is 1.85 bits per heavy atom. The lowest BCUT2D eigenvalue weighted by Crippen LogP contribution is -2.37. The molecule has 8 heteroatoms. The number of anilines is 1. The van der Waals surface area contributed by atoms with E-state index in [0.29, 0.717) is 23.5 Å². The number of pyridine rings is 1. The minimum Gasteiger partial charge on any atom is -0.457 e. The number of nitrogens with two attached hydrogens (primary N) is 1. The van der Waals surface area contributed by atoms with Crippen molar-refractivity contribution in [1.29, 1.82) is 0 Å². The summed E-state index contributed by atoms with van der Waals surface area (Å²) in [6.07, 6.45) is 4.80. The molecular weight excluding hydrogens is 433 g/mol. The molecule has 0 saturated carbocycles. The zero-order valence-corrected chi connectivity index (χ0v) is 18.9. The molecule has 0 bridgehead atoms. The average molecular weight is 460 g/mol. The molecule has 2 aromatic heterocycles. The Balaban J connectivity index is 1.55. The minimum atomic E-state index is -0.248. The van der Waals surface area contributed by atoms with E-state index in [-0.39, 0.29) is 23.4 Å². The third kappa shape index (κ3) is 4.14. The number of rotatable bonds is 5. The van der Waals surface area contributed by atoms with Crippen LogP contribution in [-0.4, -0.2) is 32.1 Å². The Bertz CT molecular complexity index is 1390. The topological polar surface area (TPSA) is 78.3 Å². The van der Waals surface area contributed by atoms with Crippen LogP contribution in [0.5, 0.6) is 11.5 Å². The number of ether oxygens (including phenoxy) is 1. The second kappa shape index (κ2) is 9.05. The first-order valence-corrected chi connectivity index (χ1v) is 11.3. The summed E-state index contributed by atoms with van der Waals surface area (Å²) < 4.78 is 22.8. The standard InChI is InChI=1S/C26H26FN5O2/c1-18(27)16-30-15-5-6-20(17-30)31-23-13-14-29-25(28)24(23)32(26(31)33)19-9-11-22(12-10-19)34-21-7-3-2-4-8-21/h2-4,7-14,16,20H,5-6,15,17H2,1H3,(H2,28,29). The zero-order valence-electron chi connectivity index (χ0n) is 18.9. The largest absolute Gasteiger partial charge is 0.457 e. The van der Waals surface area contributed by atoms with E-state index in [1.54, 1.807) is 15.3 Å². The predicted octanol–water partition coefficient (Wildman–Crippen LogP) is 5.03. The van der Waals surface area contributed by atoms with E-state index in [0.717, 1.165) is 30.7 Å². The number of nitrogens with zero attached hydrogens (tertiary/aromatic N) is 4. The van der Waals surface area contributed by atoms with Gasteiger partial charge in [-0.1, -0.05) is 18.2 Å². The van der Waals surface area contributed by atoms with E-state index >= 15 is 0 Å². The van der Waals surface area contributed by atoms with E-state index < -0.39 is 0 Å². The molecule has 4 aromatic rings. The Labute approximate surface area is 196 Å². The van der Waals surface area contributed by atoms with E-state index in [1.165, 1.54) is 13.1 Å². The van der Waals surface area contributed by atoms with Crippen LogP contribution in [0.25, 0.3) is 16.7 Å². The highest BCUT2D eigenvalue weighted by Crippen LogP contribution is 2.29. The molecule has 1 aliphatic rings. The lowest BCUT2D eigenvalue weighted by Gasteiger charge is -2.32. The number of hydrogen-bond acceptors (Lipinski definition) is 5. The van der Waals surface area contributed by atoms with Gasteiger partial charge in [-0.2, -0.15) is 0 Å². The van der Waals surface area contributed by atoms with E-state index in [9.17, 15) is 9.18 Å². The maximum Gasteiger partial charge on any atom is 0.334 e. The number of allylic oxidation sites excluding steroid dienone is 1. The molecule has 1 unspecified atom stereocenters. The SMILES string of the molecule is CC(F)=CN1CCCC(n2c(=O)n(-c3ccc(Oc4ccccc4)cc3)c3c(N)nccc32)C1. The third-order valence-corrected chi connectivity index (χ3v) is 6.04. The highest BCUT2D eigenvalue weighted by molar-refractivity contribution is 5.87. The third-order valence-electron chi connectivity index (χ3n) is 6.04. The van der Waals surface area contributed by atoms with Crippen LogP contribution >= 0.6 is 0 Å². The van der Waals surface area contributed by atoms with Crippen molar-refractivity contribution in [2.24, 2.45) is 0 Å². The molecule has 1 fully saturated rings. The highest BCUT2D eigenvalue weighted by atomic mass is 19.1. The number of likely N-dealkylation sites (tertiary alicyclic amines) is 1. The first-order chi connectivity index (χ1) is 16.5. The molecule has 7 nitrogen and oxygen atoms in total. The maximum atomic E-state index is 13.7. The van der Waals surface area contributed by atoms with Gasteiger partial charge in [0.1, 0.15) is 28.7 Å². The number of imidazole rings is 1. The van der Waals surface area contributed by atoms with Crippen LogP contribution in [0.1, 0.15) is 25.8 Å². The van der Waals surface area contributed by atoms with Crippen LogP contribution < -0.4 is 16.2 Å². The fourth-order valence-electron chi connectivity index (χ4n) is 4.63. The first-order valence-electron chi connectivity index (χ1n) is 11.3. The van der Waals surface area contributed by atoms with Crippen molar-refractivity contribution in [2.75, 3.05) is 18.8 Å². The molecule has 1 saturated heterocycles. The van der Waals surface area contributed by atoms with Gasteiger partial charge in [-0.15, -0.1) is 0 Å². The van der Waals surface area contributed by atoms with Gasteiger partial charge in [0.15, 0.2) is 0 Å². The first kappa shape index (κ1) is 21.8. The highest BCUT2D eigenvalue weighted by Gasteiger charge is 2.26. The second-order valence-corrected chi connectivity index (χ2v) is 8.47. The number of piperidine rings is 1. The van der Waals surface area contributed by atoms with Gasteiger partial charge in [-0.25, -0.2) is 14.2 Å². The summed E-state index contributed by atoms with van der Waals surface area (Å²) >= 11 is 0. The van der Waals surface area contributed by atoms with Gasteiger partial charge in [0.05, 0.1) is 17.2 Å². The van der Waals surface area contributed by atoms with Crippen LogP contribution in [0.3, 0.4) is 0 Å². The predicted molar refractivity (Wildman–Crippen MR) is 131 cm³/mol. The monoisotopic (exact) mass is 459 g/mol. The van der Waals surface area contributed by atoms with Gasteiger partial charge in [0.2, 0.25) is 0 Å². The fourth-order valence-corrected chi connectivity index (χ4v) is 4.63. The number of para-hydroxylation sites is 1. The normalized spacial score (nSPS) is 16.7. The molecule has 0 amide bonds. The maximum absolute atomic E-state index is 13.7. The van der Waals surface area contributed by atoms with E-state index in [1.807, 2.05) is 65.6 Å². The van der Waals surface area contributed by atoms with Crippen molar-refractivity contribution in [2.45, 2.75) is 25.8 Å². The van der Waals surface area contributed by atoms with E-state index in [2.05, 4.69) is 4.98 Å².